The van der Waals surface area contributed by atoms with E-state index in [9.17, 15) is 5.21 Å². The summed E-state index contributed by atoms with van der Waals surface area (Å²) in [4.78, 5) is 4.97. The van der Waals surface area contributed by atoms with E-state index in [1.165, 1.54) is 24.9 Å². The number of methoxy groups -OCH3 is 1. The van der Waals surface area contributed by atoms with Gasteiger partial charge in [0, 0.05) is 37.8 Å². The van der Waals surface area contributed by atoms with Crippen LogP contribution in [0.2, 0.25) is 0 Å². The summed E-state index contributed by atoms with van der Waals surface area (Å²) >= 11 is 0. The number of hydrogen-bond acceptors (Lipinski definition) is 5. The van der Waals surface area contributed by atoms with E-state index in [2.05, 4.69) is 27.1 Å². The third kappa shape index (κ3) is 2.57. The van der Waals surface area contributed by atoms with E-state index in [1.54, 1.807) is 7.11 Å². The molecule has 0 unspecified atom stereocenters. The quantitative estimate of drug-likeness (QED) is 0.687. The van der Waals surface area contributed by atoms with Crippen molar-refractivity contribution >= 4 is 11.4 Å². The maximum absolute atomic E-state index is 9.41. The molecule has 2 bridgehead atoms. The molecule has 1 aliphatic heterocycles. The molecule has 2 aliphatic carbocycles. The predicted octanol–water partition coefficient (Wildman–Crippen LogP) is 2.45. The lowest BCUT2D eigenvalue weighted by Gasteiger charge is -2.41. The first-order valence-corrected chi connectivity index (χ1v) is 8.65. The fourth-order valence-corrected chi connectivity index (χ4v) is 4.73. The largest absolute Gasteiger partial charge is 0.497 e. The van der Waals surface area contributed by atoms with Crippen LogP contribution in [0.15, 0.2) is 29.4 Å². The Morgan fingerprint density at radius 1 is 1.09 bits per heavy atom. The second-order valence-corrected chi connectivity index (χ2v) is 6.96. The van der Waals surface area contributed by atoms with E-state index in [0.29, 0.717) is 17.9 Å². The van der Waals surface area contributed by atoms with Crippen LogP contribution in [-0.2, 0) is 0 Å². The summed E-state index contributed by atoms with van der Waals surface area (Å²) in [7, 11) is 1.70. The van der Waals surface area contributed by atoms with Crippen LogP contribution in [0.4, 0.5) is 5.69 Å². The van der Waals surface area contributed by atoms with Crippen molar-refractivity contribution in [3.63, 3.8) is 0 Å². The molecule has 0 aromatic heterocycles. The highest BCUT2D eigenvalue weighted by molar-refractivity contribution is 5.94. The van der Waals surface area contributed by atoms with Crippen molar-refractivity contribution in [3.8, 4) is 5.75 Å². The van der Waals surface area contributed by atoms with Crippen molar-refractivity contribution in [2.45, 2.75) is 25.3 Å². The normalized spacial score (nSPS) is 32.7. The Balaban J connectivity index is 1.41. The summed E-state index contributed by atoms with van der Waals surface area (Å²) in [5.41, 5.74) is 2.31. The molecule has 2 saturated carbocycles. The Kier molecular flexibility index (Phi) is 3.89. The number of rotatable bonds is 3. The zero-order chi connectivity index (χ0) is 15.8. The van der Waals surface area contributed by atoms with Gasteiger partial charge in [-0.15, -0.1) is 0 Å². The number of benzene rings is 1. The first-order valence-electron chi connectivity index (χ1n) is 8.65. The van der Waals surface area contributed by atoms with Crippen LogP contribution in [0, 0.1) is 11.8 Å². The fourth-order valence-electron chi connectivity index (χ4n) is 4.73. The molecule has 0 spiro atoms. The second kappa shape index (κ2) is 6.04. The smallest absolute Gasteiger partial charge is 0.119 e. The van der Waals surface area contributed by atoms with Gasteiger partial charge in [-0.05, 0) is 49.4 Å². The summed E-state index contributed by atoms with van der Waals surface area (Å²) < 4.78 is 5.23. The zero-order valence-electron chi connectivity index (χ0n) is 13.7. The number of anilines is 1. The Labute approximate surface area is 137 Å². The first kappa shape index (κ1) is 14.8. The van der Waals surface area contributed by atoms with Crippen LogP contribution in [0.1, 0.15) is 19.3 Å². The molecular formula is C18H25N3O2. The SMILES string of the molecule is COc1ccc(N2CCN([C@H]3/C(=N\O)[C@H]4CC[C@H]3C4)CC2)cc1. The van der Waals surface area contributed by atoms with Gasteiger partial charge in [0.1, 0.15) is 5.75 Å². The number of fused-ring (bicyclic) bond motifs is 2. The molecule has 5 nitrogen and oxygen atoms in total. The van der Waals surface area contributed by atoms with Gasteiger partial charge in [-0.2, -0.15) is 0 Å². The molecule has 3 atom stereocenters. The summed E-state index contributed by atoms with van der Waals surface area (Å²) in [5.74, 6) is 2.14. The number of ether oxygens (including phenoxy) is 1. The molecular weight excluding hydrogens is 290 g/mol. The highest BCUT2D eigenvalue weighted by Gasteiger charge is 2.48. The Bertz CT molecular complexity index is 578. The van der Waals surface area contributed by atoms with Crippen LogP contribution >= 0.6 is 0 Å². The highest BCUT2D eigenvalue weighted by atomic mass is 16.5. The number of hydrogen-bond donors (Lipinski definition) is 1. The fraction of sp³-hybridized carbons (Fsp3) is 0.611. The van der Waals surface area contributed by atoms with Gasteiger partial charge in [-0.25, -0.2) is 0 Å². The molecule has 3 fully saturated rings. The van der Waals surface area contributed by atoms with Gasteiger partial charge in [0.25, 0.3) is 0 Å². The molecule has 1 N–H and O–H groups in total. The van der Waals surface area contributed by atoms with Gasteiger partial charge in [0.05, 0.1) is 18.9 Å². The Hall–Kier alpha value is -1.75. The van der Waals surface area contributed by atoms with Crippen molar-refractivity contribution in [3.05, 3.63) is 24.3 Å². The van der Waals surface area contributed by atoms with Crippen molar-refractivity contribution in [1.29, 1.82) is 0 Å². The summed E-state index contributed by atoms with van der Waals surface area (Å²) in [6.07, 6.45) is 3.74. The standard InChI is InChI=1S/C18H25N3O2/c1-23-16-6-4-15(5-7-16)20-8-10-21(11-9-20)18-14-3-2-13(12-14)17(18)19-22/h4-7,13-14,18,22H,2-3,8-12H2,1H3/b19-17-/t13-,14-,18+/m0/s1. The monoisotopic (exact) mass is 315 g/mol. The first-order chi connectivity index (χ1) is 11.3. The minimum Gasteiger partial charge on any atom is -0.497 e. The van der Waals surface area contributed by atoms with E-state index < -0.39 is 0 Å². The number of piperazine rings is 1. The second-order valence-electron chi connectivity index (χ2n) is 6.96. The molecule has 4 rings (SSSR count). The van der Waals surface area contributed by atoms with Crippen LogP contribution < -0.4 is 9.64 Å². The highest BCUT2D eigenvalue weighted by Crippen LogP contribution is 2.45. The van der Waals surface area contributed by atoms with Gasteiger partial charge < -0.3 is 14.8 Å². The number of nitrogens with zero attached hydrogens (tertiary/aromatic N) is 3. The van der Waals surface area contributed by atoms with E-state index in [-0.39, 0.29) is 0 Å². The lowest BCUT2D eigenvalue weighted by atomic mass is 9.91. The average molecular weight is 315 g/mol. The van der Waals surface area contributed by atoms with Gasteiger partial charge >= 0.3 is 0 Å². The zero-order valence-corrected chi connectivity index (χ0v) is 13.7. The van der Waals surface area contributed by atoms with Crippen molar-refractivity contribution < 1.29 is 9.94 Å². The number of oxime groups is 1. The Morgan fingerprint density at radius 3 is 2.48 bits per heavy atom. The molecule has 23 heavy (non-hydrogen) atoms. The van der Waals surface area contributed by atoms with Crippen molar-refractivity contribution in [2.24, 2.45) is 17.0 Å². The van der Waals surface area contributed by atoms with E-state index >= 15 is 0 Å². The van der Waals surface area contributed by atoms with Crippen LogP contribution in [0.3, 0.4) is 0 Å². The molecule has 1 aromatic carbocycles. The minimum absolute atomic E-state index is 0.386. The summed E-state index contributed by atoms with van der Waals surface area (Å²) in [6.45, 7) is 4.13. The molecule has 0 radical (unpaired) electrons. The maximum Gasteiger partial charge on any atom is 0.119 e. The third-order valence-corrected chi connectivity index (χ3v) is 5.90. The van der Waals surface area contributed by atoms with E-state index in [4.69, 9.17) is 4.74 Å². The molecule has 3 aliphatic rings. The van der Waals surface area contributed by atoms with Crippen molar-refractivity contribution in [1.82, 2.24) is 4.90 Å². The molecule has 1 saturated heterocycles. The van der Waals surface area contributed by atoms with Crippen LogP contribution in [0.25, 0.3) is 0 Å². The summed E-state index contributed by atoms with van der Waals surface area (Å²) in [5, 5.41) is 13.1. The average Bonchev–Trinajstić information content (AvgIpc) is 3.23. The third-order valence-electron chi connectivity index (χ3n) is 5.90. The molecule has 124 valence electrons. The summed E-state index contributed by atoms with van der Waals surface area (Å²) in [6, 6.07) is 8.69. The topological polar surface area (TPSA) is 48.3 Å². The lowest BCUT2D eigenvalue weighted by molar-refractivity contribution is 0.181. The van der Waals surface area contributed by atoms with E-state index in [1.807, 2.05) is 12.1 Å². The Morgan fingerprint density at radius 2 is 1.83 bits per heavy atom. The molecule has 5 heteroatoms. The lowest BCUT2D eigenvalue weighted by Crippen LogP contribution is -2.54. The van der Waals surface area contributed by atoms with Gasteiger partial charge in [0.15, 0.2) is 0 Å². The van der Waals surface area contributed by atoms with Gasteiger partial charge in [-0.1, -0.05) is 5.16 Å². The predicted molar refractivity (Wildman–Crippen MR) is 90.6 cm³/mol. The molecule has 0 amide bonds. The van der Waals surface area contributed by atoms with Gasteiger partial charge in [-0.3, -0.25) is 4.90 Å². The van der Waals surface area contributed by atoms with E-state index in [0.717, 1.165) is 37.6 Å². The van der Waals surface area contributed by atoms with Crippen LogP contribution in [0.5, 0.6) is 5.75 Å². The van der Waals surface area contributed by atoms with Crippen molar-refractivity contribution in [2.75, 3.05) is 38.2 Å². The molecule has 1 aromatic rings. The van der Waals surface area contributed by atoms with Crippen LogP contribution in [-0.4, -0.2) is 55.1 Å². The minimum atomic E-state index is 0.386. The van der Waals surface area contributed by atoms with Gasteiger partial charge in [0.2, 0.25) is 0 Å². The molecule has 1 heterocycles. The maximum atomic E-state index is 9.41.